The number of hydrogen-bond acceptors (Lipinski definition) is 5. The summed E-state index contributed by atoms with van der Waals surface area (Å²) in [5, 5.41) is 8.82. The third-order valence-electron chi connectivity index (χ3n) is 6.17. The Morgan fingerprint density at radius 1 is 1.03 bits per heavy atom. The molecule has 176 valence electrons. The maximum Gasteiger partial charge on any atom is 0.274 e. The van der Waals surface area contributed by atoms with Crippen molar-refractivity contribution in [1.29, 1.82) is 0 Å². The van der Waals surface area contributed by atoms with E-state index in [0.29, 0.717) is 17.0 Å². The van der Waals surface area contributed by atoms with E-state index in [0.717, 1.165) is 54.0 Å². The quantitative estimate of drug-likeness (QED) is 0.242. The van der Waals surface area contributed by atoms with Crippen LogP contribution < -0.4 is 10.4 Å². The number of benzene rings is 3. The molecule has 1 aromatic heterocycles. The van der Waals surface area contributed by atoms with Crippen molar-refractivity contribution in [3.63, 3.8) is 0 Å². The number of imidazole rings is 1. The Labute approximate surface area is 202 Å². The van der Waals surface area contributed by atoms with E-state index in [-0.39, 0.29) is 5.82 Å². The highest BCUT2D eigenvalue weighted by atomic mass is 19.1. The normalized spacial score (nSPS) is 14.0. The van der Waals surface area contributed by atoms with E-state index in [1.807, 2.05) is 12.1 Å². The summed E-state index contributed by atoms with van der Waals surface area (Å²) in [4.78, 5) is 24.3. The highest BCUT2D eigenvalue weighted by molar-refractivity contribution is 5.94. The molecule has 0 unspecified atom stereocenters. The molecule has 8 heteroatoms. The van der Waals surface area contributed by atoms with E-state index < -0.39 is 5.91 Å². The van der Waals surface area contributed by atoms with Crippen molar-refractivity contribution >= 4 is 22.6 Å². The Kier molecular flexibility index (Phi) is 6.19. The molecule has 0 atom stereocenters. The molecule has 1 saturated heterocycles. The van der Waals surface area contributed by atoms with E-state index in [4.69, 9.17) is 10.2 Å². The lowest BCUT2D eigenvalue weighted by atomic mass is 10.1. The minimum Gasteiger partial charge on any atom is -0.368 e. The van der Waals surface area contributed by atoms with Crippen LogP contribution in [0, 0.1) is 17.7 Å². The number of amides is 1. The van der Waals surface area contributed by atoms with Crippen molar-refractivity contribution in [2.75, 3.05) is 38.1 Å². The van der Waals surface area contributed by atoms with Gasteiger partial charge in [-0.3, -0.25) is 10.0 Å². The number of aromatic nitrogens is 2. The van der Waals surface area contributed by atoms with Gasteiger partial charge in [0.05, 0.1) is 27.8 Å². The molecule has 35 heavy (non-hydrogen) atoms. The highest BCUT2D eigenvalue weighted by Crippen LogP contribution is 2.29. The lowest BCUT2D eigenvalue weighted by Crippen LogP contribution is -2.44. The monoisotopic (exact) mass is 469 g/mol. The summed E-state index contributed by atoms with van der Waals surface area (Å²) in [7, 11) is 2.11. The predicted molar refractivity (Wildman–Crippen MR) is 133 cm³/mol. The predicted octanol–water partition coefficient (Wildman–Crippen LogP) is 3.64. The van der Waals surface area contributed by atoms with Crippen molar-refractivity contribution in [1.82, 2.24) is 20.3 Å². The van der Waals surface area contributed by atoms with E-state index in [1.165, 1.54) is 6.07 Å². The summed E-state index contributed by atoms with van der Waals surface area (Å²) in [5.41, 5.74) is 6.51. The Balaban J connectivity index is 1.56. The number of rotatable bonds is 3. The SMILES string of the molecule is CN1CCN(c2cc3nc(-c4ccc(C(=O)NO)cc4)[nH]c3cc2C#Cc2ccccc2F)CC1. The van der Waals surface area contributed by atoms with Gasteiger partial charge in [-0.15, -0.1) is 0 Å². The second kappa shape index (κ2) is 9.58. The molecule has 0 bridgehead atoms. The number of fused-ring (bicyclic) bond motifs is 1. The molecule has 3 aromatic carbocycles. The Hall–Kier alpha value is -4.19. The van der Waals surface area contributed by atoms with Crippen LogP contribution in [0.4, 0.5) is 10.1 Å². The van der Waals surface area contributed by atoms with Crippen LogP contribution in [0.2, 0.25) is 0 Å². The van der Waals surface area contributed by atoms with Crippen molar-refractivity contribution in [3.8, 4) is 23.2 Å². The van der Waals surface area contributed by atoms with E-state index in [2.05, 4.69) is 33.7 Å². The molecule has 1 aliphatic heterocycles. The van der Waals surface area contributed by atoms with Gasteiger partial charge in [0.15, 0.2) is 0 Å². The van der Waals surface area contributed by atoms with Crippen molar-refractivity contribution in [3.05, 3.63) is 83.2 Å². The van der Waals surface area contributed by atoms with Gasteiger partial charge >= 0.3 is 0 Å². The minimum absolute atomic E-state index is 0.343. The zero-order valence-corrected chi connectivity index (χ0v) is 19.2. The molecule has 1 amide bonds. The number of halogens is 1. The maximum atomic E-state index is 14.2. The molecule has 7 nitrogen and oxygen atoms in total. The number of nitrogens with one attached hydrogen (secondary N) is 2. The van der Waals surface area contributed by atoms with E-state index in [9.17, 15) is 9.18 Å². The van der Waals surface area contributed by atoms with Gasteiger partial charge in [-0.2, -0.15) is 0 Å². The van der Waals surface area contributed by atoms with Crippen molar-refractivity contribution < 1.29 is 14.4 Å². The molecule has 0 radical (unpaired) electrons. The lowest BCUT2D eigenvalue weighted by molar-refractivity contribution is 0.0706. The number of hydroxylamine groups is 1. The average molecular weight is 470 g/mol. The summed E-state index contributed by atoms with van der Waals surface area (Å²) in [6.45, 7) is 3.61. The molecule has 1 fully saturated rings. The smallest absolute Gasteiger partial charge is 0.274 e. The third kappa shape index (κ3) is 4.73. The molecular formula is C27H24FN5O2. The van der Waals surface area contributed by atoms with Crippen LogP contribution in [0.25, 0.3) is 22.4 Å². The van der Waals surface area contributed by atoms with Crippen molar-refractivity contribution in [2.45, 2.75) is 0 Å². The fourth-order valence-electron chi connectivity index (χ4n) is 4.13. The fraction of sp³-hybridized carbons (Fsp3) is 0.185. The van der Waals surface area contributed by atoms with Gasteiger partial charge in [0.2, 0.25) is 0 Å². The van der Waals surface area contributed by atoms with Crippen LogP contribution in [0.15, 0.2) is 60.7 Å². The largest absolute Gasteiger partial charge is 0.368 e. The number of carbonyl (C=O) groups is 1. The van der Waals surface area contributed by atoms with Crippen LogP contribution >= 0.6 is 0 Å². The van der Waals surface area contributed by atoms with Gasteiger partial charge in [-0.25, -0.2) is 14.9 Å². The maximum absolute atomic E-state index is 14.2. The third-order valence-corrected chi connectivity index (χ3v) is 6.17. The number of carbonyl (C=O) groups excluding carboxylic acids is 1. The summed E-state index contributed by atoms with van der Waals surface area (Å²) in [6.07, 6.45) is 0. The van der Waals surface area contributed by atoms with Gasteiger partial charge in [0.1, 0.15) is 11.6 Å². The van der Waals surface area contributed by atoms with E-state index in [1.54, 1.807) is 47.9 Å². The number of aromatic amines is 1. The highest BCUT2D eigenvalue weighted by Gasteiger charge is 2.19. The summed E-state index contributed by atoms with van der Waals surface area (Å²) < 4.78 is 14.2. The van der Waals surface area contributed by atoms with Gasteiger partial charge < -0.3 is 14.8 Å². The molecule has 4 aromatic rings. The first-order chi connectivity index (χ1) is 17.0. The molecule has 0 aliphatic carbocycles. The second-order valence-corrected chi connectivity index (χ2v) is 8.51. The van der Waals surface area contributed by atoms with Gasteiger partial charge in [-0.1, -0.05) is 36.1 Å². The molecule has 1 aliphatic rings. The number of piperazine rings is 1. The topological polar surface area (TPSA) is 84.5 Å². The Morgan fingerprint density at radius 2 is 1.74 bits per heavy atom. The van der Waals surface area contributed by atoms with Gasteiger partial charge in [0.25, 0.3) is 5.91 Å². The summed E-state index contributed by atoms with van der Waals surface area (Å²) >= 11 is 0. The molecule has 5 rings (SSSR count). The second-order valence-electron chi connectivity index (χ2n) is 8.51. The van der Waals surface area contributed by atoms with Crippen LogP contribution in [0.1, 0.15) is 21.5 Å². The summed E-state index contributed by atoms with van der Waals surface area (Å²) in [5.74, 6) is 5.91. The van der Waals surface area contributed by atoms with Gasteiger partial charge in [0, 0.05) is 37.3 Å². The number of hydrogen-bond donors (Lipinski definition) is 3. The number of H-pyrrole nitrogens is 1. The molecule has 3 N–H and O–H groups in total. The lowest BCUT2D eigenvalue weighted by Gasteiger charge is -2.34. The van der Waals surface area contributed by atoms with Crippen LogP contribution in [-0.4, -0.2) is 59.2 Å². The van der Waals surface area contributed by atoms with E-state index >= 15 is 0 Å². The average Bonchev–Trinajstić information content (AvgIpc) is 3.31. The van der Waals surface area contributed by atoms with Crippen LogP contribution in [-0.2, 0) is 0 Å². The molecule has 2 heterocycles. The van der Waals surface area contributed by atoms with Crippen LogP contribution in [0.3, 0.4) is 0 Å². The zero-order chi connectivity index (χ0) is 24.4. The first kappa shape index (κ1) is 22.6. The number of nitrogens with zero attached hydrogens (tertiary/aromatic N) is 3. The Bertz CT molecular complexity index is 1440. The molecule has 0 saturated carbocycles. The zero-order valence-electron chi connectivity index (χ0n) is 19.2. The number of likely N-dealkylation sites (N-methyl/N-ethyl adjacent to an activating group) is 1. The molecular weight excluding hydrogens is 445 g/mol. The van der Waals surface area contributed by atoms with Crippen LogP contribution in [0.5, 0.6) is 0 Å². The standard InChI is InChI=1S/C27H24FN5O2/c1-32-12-14-33(15-13-32)25-17-24-23(16-21(25)11-6-18-4-2-3-5-22(18)28)29-26(30-24)19-7-9-20(10-8-19)27(34)31-35/h2-5,7-10,16-17,35H,12-15H2,1H3,(H,29,30)(H,31,34). The minimum atomic E-state index is -0.573. The molecule has 0 spiro atoms. The number of anilines is 1. The van der Waals surface area contributed by atoms with Crippen molar-refractivity contribution in [2.24, 2.45) is 0 Å². The summed E-state index contributed by atoms with van der Waals surface area (Å²) in [6, 6.07) is 17.3. The Morgan fingerprint density at radius 3 is 2.46 bits per heavy atom. The fourth-order valence-corrected chi connectivity index (χ4v) is 4.13. The first-order valence-corrected chi connectivity index (χ1v) is 11.3. The van der Waals surface area contributed by atoms with Gasteiger partial charge in [-0.05, 0) is 43.4 Å². The first-order valence-electron chi connectivity index (χ1n) is 11.3.